The molecule has 0 spiro atoms. The maximum Gasteiger partial charge on any atom is 0.407 e. The Morgan fingerprint density at radius 3 is 2.04 bits per heavy atom. The van der Waals surface area contributed by atoms with Crippen molar-refractivity contribution >= 4 is 24.4 Å². The number of nitrogens with zero attached hydrogens (tertiary/aromatic N) is 1. The zero-order valence-electron chi connectivity index (χ0n) is 28.9. The fraction of sp³-hybridized carbons (Fsp3) is 0.618. The quantitative estimate of drug-likeness (QED) is 0.179. The molecule has 0 radical (unpaired) electrons. The number of rotatable bonds is 16. The molecule has 254 valence electrons. The van der Waals surface area contributed by atoms with Crippen LogP contribution in [0.1, 0.15) is 73.3 Å². The Kier molecular flexibility index (Phi) is 13.3. The van der Waals surface area contributed by atoms with Gasteiger partial charge in [0, 0.05) is 13.1 Å². The van der Waals surface area contributed by atoms with E-state index in [1.165, 1.54) is 23.5 Å². The number of ether oxygens (including phenoxy) is 2. The number of sulfonamides is 1. The normalized spacial score (nSPS) is 14.6. The third-order valence-corrected chi connectivity index (χ3v) is 13.9. The molecule has 2 aromatic carbocycles. The van der Waals surface area contributed by atoms with E-state index in [1.807, 2.05) is 57.3 Å². The van der Waals surface area contributed by atoms with Gasteiger partial charge in [-0.15, -0.1) is 0 Å². The second-order valence-electron chi connectivity index (χ2n) is 14.9. The molecule has 9 nitrogen and oxygen atoms in total. The number of benzene rings is 2. The predicted molar refractivity (Wildman–Crippen MR) is 182 cm³/mol. The summed E-state index contributed by atoms with van der Waals surface area (Å²) in [5, 5.41) is 14.2. The van der Waals surface area contributed by atoms with Crippen molar-refractivity contribution in [2.24, 2.45) is 5.41 Å². The molecule has 0 saturated carbocycles. The van der Waals surface area contributed by atoms with Crippen LogP contribution in [-0.2, 0) is 21.2 Å². The third kappa shape index (κ3) is 12.4. The highest BCUT2D eigenvalue weighted by Crippen LogP contribution is 2.41. The molecule has 3 N–H and O–H groups in total. The van der Waals surface area contributed by atoms with Crippen molar-refractivity contribution in [2.45, 2.75) is 115 Å². The molecule has 0 aliphatic heterocycles. The number of aliphatic hydroxyl groups is 1. The summed E-state index contributed by atoms with van der Waals surface area (Å²) in [6.07, 6.45) is 0.685. The van der Waals surface area contributed by atoms with Crippen LogP contribution in [0.2, 0.25) is 18.1 Å². The minimum atomic E-state index is -4.05. The summed E-state index contributed by atoms with van der Waals surface area (Å²) in [5.41, 5.74) is -0.327. The first-order chi connectivity index (χ1) is 20.6. The van der Waals surface area contributed by atoms with E-state index >= 15 is 0 Å². The fourth-order valence-corrected chi connectivity index (χ4v) is 7.40. The number of hydrogen-bond donors (Lipinski definition) is 3. The number of aliphatic hydroxyl groups excluding tert-OH is 1. The molecule has 2 atom stereocenters. The molecule has 0 bridgehead atoms. The van der Waals surface area contributed by atoms with Crippen LogP contribution in [0.3, 0.4) is 0 Å². The molecule has 0 aliphatic rings. The fourth-order valence-electron chi connectivity index (χ4n) is 4.96. The first-order valence-electron chi connectivity index (χ1n) is 15.6. The summed E-state index contributed by atoms with van der Waals surface area (Å²) < 4.78 is 40.3. The summed E-state index contributed by atoms with van der Waals surface area (Å²) in [6, 6.07) is 14.8. The molecule has 0 unspecified atom stereocenters. The van der Waals surface area contributed by atoms with Crippen LogP contribution >= 0.6 is 0 Å². The van der Waals surface area contributed by atoms with E-state index < -0.39 is 47.6 Å². The summed E-state index contributed by atoms with van der Waals surface area (Å²) >= 11 is 0. The monoisotopic (exact) mass is 664 g/mol. The minimum absolute atomic E-state index is 0.0835. The SMILES string of the molecule is COc1ccc(S(=O)(=O)N(C[C@@H](O)[C@H](Cc2ccccc2)NC(=O)OC(C)(C)C)CC(C)(C)CCCC(C)(C)[Si](C)(C)O)cc1. The molecule has 2 rings (SSSR count). The van der Waals surface area contributed by atoms with Gasteiger partial charge in [-0.3, -0.25) is 0 Å². The van der Waals surface area contributed by atoms with Gasteiger partial charge in [-0.2, -0.15) is 4.31 Å². The van der Waals surface area contributed by atoms with Crippen molar-refractivity contribution in [2.75, 3.05) is 20.2 Å². The van der Waals surface area contributed by atoms with Crippen LogP contribution in [0.4, 0.5) is 4.79 Å². The number of hydrogen-bond acceptors (Lipinski definition) is 7. The number of nitrogens with one attached hydrogen (secondary N) is 1. The van der Waals surface area contributed by atoms with Crippen LogP contribution < -0.4 is 10.1 Å². The summed E-state index contributed by atoms with van der Waals surface area (Å²) in [6.45, 7) is 17.3. The van der Waals surface area contributed by atoms with E-state index in [-0.39, 0.29) is 29.4 Å². The van der Waals surface area contributed by atoms with Crippen molar-refractivity contribution in [1.82, 2.24) is 9.62 Å². The van der Waals surface area contributed by atoms with Gasteiger partial charge in [0.25, 0.3) is 0 Å². The Balaban J connectivity index is 2.41. The van der Waals surface area contributed by atoms with Gasteiger partial charge in [-0.05, 0) is 93.4 Å². The molecular formula is C34H56N2O7SSi. The first-order valence-corrected chi connectivity index (χ1v) is 20.0. The second-order valence-corrected chi connectivity index (χ2v) is 21.4. The smallest absolute Gasteiger partial charge is 0.407 e. The van der Waals surface area contributed by atoms with E-state index in [0.717, 1.165) is 24.8 Å². The van der Waals surface area contributed by atoms with E-state index in [2.05, 4.69) is 19.2 Å². The van der Waals surface area contributed by atoms with Crippen molar-refractivity contribution < 1.29 is 32.6 Å². The largest absolute Gasteiger partial charge is 0.497 e. The van der Waals surface area contributed by atoms with Gasteiger partial charge in [0.05, 0.1) is 24.2 Å². The second kappa shape index (κ2) is 15.4. The topological polar surface area (TPSA) is 125 Å². The molecule has 0 saturated heterocycles. The van der Waals surface area contributed by atoms with Gasteiger partial charge < -0.3 is 24.7 Å². The zero-order valence-corrected chi connectivity index (χ0v) is 30.7. The number of methoxy groups -OCH3 is 1. The third-order valence-electron chi connectivity index (χ3n) is 8.47. The Hall–Kier alpha value is -2.44. The maximum absolute atomic E-state index is 14.1. The average Bonchev–Trinajstić information content (AvgIpc) is 2.90. The lowest BCUT2D eigenvalue weighted by Crippen LogP contribution is -2.52. The summed E-state index contributed by atoms with van der Waals surface area (Å²) in [7, 11) is -4.92. The average molecular weight is 665 g/mol. The standard InChI is InChI=1S/C34H56N2O7SSi/c1-32(2,3)43-31(38)35-29(23-26-15-12-11-13-16-26)30(37)24-36(44(39,40)28-19-17-27(42-8)18-20-28)25-33(4,5)21-14-22-34(6,7)45(9,10)41/h11-13,15-20,29-30,37,41H,14,21-25H2,1-10H3,(H,35,38)/t29-,30+/m0/s1. The van der Waals surface area contributed by atoms with E-state index in [0.29, 0.717) is 5.75 Å². The van der Waals surface area contributed by atoms with Crippen LogP contribution in [-0.4, -0.2) is 75.0 Å². The number of carbonyl (C=O) groups is 1. The Morgan fingerprint density at radius 2 is 1.53 bits per heavy atom. The predicted octanol–water partition coefficient (Wildman–Crippen LogP) is 6.36. The molecule has 0 aliphatic carbocycles. The number of alkyl carbamates (subject to hydrolysis) is 1. The Morgan fingerprint density at radius 1 is 0.956 bits per heavy atom. The van der Waals surface area contributed by atoms with Gasteiger partial charge >= 0.3 is 6.09 Å². The number of carbonyl (C=O) groups excluding carboxylic acids is 1. The van der Waals surface area contributed by atoms with E-state index in [9.17, 15) is 23.1 Å². The lowest BCUT2D eigenvalue weighted by Gasteiger charge is -2.37. The van der Waals surface area contributed by atoms with Gasteiger partial charge in [0.15, 0.2) is 8.32 Å². The molecule has 2 aromatic rings. The molecule has 0 fully saturated rings. The van der Waals surface area contributed by atoms with Gasteiger partial charge in [0.1, 0.15) is 11.4 Å². The van der Waals surface area contributed by atoms with Gasteiger partial charge in [-0.25, -0.2) is 13.2 Å². The van der Waals surface area contributed by atoms with E-state index in [4.69, 9.17) is 9.47 Å². The highest BCUT2D eigenvalue weighted by molar-refractivity contribution is 7.89. The van der Waals surface area contributed by atoms with Crippen LogP contribution in [0.25, 0.3) is 0 Å². The minimum Gasteiger partial charge on any atom is -0.497 e. The molecule has 1 amide bonds. The molecule has 11 heteroatoms. The maximum atomic E-state index is 14.1. The molecule has 45 heavy (non-hydrogen) atoms. The summed E-state index contributed by atoms with van der Waals surface area (Å²) in [4.78, 5) is 23.7. The lowest BCUT2D eigenvalue weighted by molar-refractivity contribution is 0.0391. The van der Waals surface area contributed by atoms with Crippen LogP contribution in [0, 0.1) is 5.41 Å². The molecule has 0 aromatic heterocycles. The first kappa shape index (κ1) is 38.7. The van der Waals surface area contributed by atoms with Crippen molar-refractivity contribution in [1.29, 1.82) is 0 Å². The van der Waals surface area contributed by atoms with Crippen LogP contribution in [0.5, 0.6) is 5.75 Å². The van der Waals surface area contributed by atoms with Crippen molar-refractivity contribution in [3.8, 4) is 5.75 Å². The highest BCUT2D eigenvalue weighted by atomic mass is 32.2. The van der Waals surface area contributed by atoms with Crippen LogP contribution in [0.15, 0.2) is 59.5 Å². The van der Waals surface area contributed by atoms with Crippen molar-refractivity contribution in [3.63, 3.8) is 0 Å². The zero-order chi connectivity index (χ0) is 34.3. The Bertz CT molecular complexity index is 1320. The van der Waals surface area contributed by atoms with Crippen molar-refractivity contribution in [3.05, 3.63) is 60.2 Å². The highest BCUT2D eigenvalue weighted by Gasteiger charge is 2.39. The Labute approximate surface area is 272 Å². The number of amides is 1. The van der Waals surface area contributed by atoms with E-state index in [1.54, 1.807) is 32.9 Å². The molecule has 0 heterocycles. The van der Waals surface area contributed by atoms with Gasteiger partial charge in [-0.1, -0.05) is 64.4 Å². The lowest BCUT2D eigenvalue weighted by atomic mass is 9.85. The summed E-state index contributed by atoms with van der Waals surface area (Å²) in [5.74, 6) is 0.531. The van der Waals surface area contributed by atoms with Gasteiger partial charge in [0.2, 0.25) is 10.0 Å². The molecular weight excluding hydrogens is 609 g/mol.